The highest BCUT2D eigenvalue weighted by molar-refractivity contribution is 5.51. The van der Waals surface area contributed by atoms with Crippen LogP contribution in [0.5, 0.6) is 0 Å². The molecule has 0 aliphatic carbocycles. The number of para-hydroxylation sites is 1. The zero-order valence-electron chi connectivity index (χ0n) is 13.9. The molecule has 2 aromatic rings. The Morgan fingerprint density at radius 3 is 2.48 bits per heavy atom. The van der Waals surface area contributed by atoms with Crippen molar-refractivity contribution in [3.63, 3.8) is 0 Å². The maximum atomic E-state index is 10.6. The average Bonchev–Trinajstić information content (AvgIpc) is 2.58. The molecule has 2 N–H and O–H groups in total. The number of anilines is 1. The Morgan fingerprint density at radius 1 is 1.09 bits per heavy atom. The summed E-state index contributed by atoms with van der Waals surface area (Å²) in [5, 5.41) is 14.1. The molecular weight excluding hydrogens is 284 g/mol. The van der Waals surface area contributed by atoms with Gasteiger partial charge in [0.2, 0.25) is 0 Å². The molecule has 1 aliphatic heterocycles. The summed E-state index contributed by atoms with van der Waals surface area (Å²) in [6, 6.07) is 19.2. The summed E-state index contributed by atoms with van der Waals surface area (Å²) < 4.78 is 0. The van der Waals surface area contributed by atoms with Crippen LogP contribution in [-0.2, 0) is 0 Å². The van der Waals surface area contributed by atoms with Crippen molar-refractivity contribution in [2.75, 3.05) is 18.4 Å². The van der Waals surface area contributed by atoms with Gasteiger partial charge in [0.25, 0.3) is 0 Å². The van der Waals surface area contributed by atoms with Crippen LogP contribution in [-0.4, -0.2) is 35.2 Å². The van der Waals surface area contributed by atoms with E-state index in [2.05, 4.69) is 60.5 Å². The molecule has 2 aromatic carbocycles. The molecular formula is C20H26N2O. The van der Waals surface area contributed by atoms with E-state index in [0.717, 1.165) is 18.7 Å². The maximum absolute atomic E-state index is 10.6. The molecule has 3 atom stereocenters. The van der Waals surface area contributed by atoms with E-state index in [1.807, 2.05) is 18.2 Å². The predicted molar refractivity (Wildman–Crippen MR) is 95.6 cm³/mol. The highest BCUT2D eigenvalue weighted by atomic mass is 16.3. The third-order valence-corrected chi connectivity index (χ3v) is 4.93. The molecule has 3 rings (SSSR count). The number of aryl methyl sites for hydroxylation is 1. The minimum atomic E-state index is -0.352. The van der Waals surface area contributed by atoms with E-state index in [9.17, 15) is 5.11 Å². The van der Waals surface area contributed by atoms with Gasteiger partial charge in [-0.25, -0.2) is 0 Å². The molecule has 1 heterocycles. The Hall–Kier alpha value is -1.84. The number of hydrogen-bond donors (Lipinski definition) is 2. The summed E-state index contributed by atoms with van der Waals surface area (Å²) in [5.41, 5.74) is 3.66. The van der Waals surface area contributed by atoms with Crippen molar-refractivity contribution in [3.8, 4) is 0 Å². The lowest BCUT2D eigenvalue weighted by Gasteiger charge is -2.40. The molecule has 3 unspecified atom stereocenters. The van der Waals surface area contributed by atoms with Gasteiger partial charge in [0.05, 0.1) is 12.1 Å². The number of β-amino-alcohol motifs (C(OH)–C–C–N with tert-alkyl or cyclic N) is 1. The number of nitrogens with zero attached hydrogens (tertiary/aromatic N) is 1. The van der Waals surface area contributed by atoms with Crippen molar-refractivity contribution in [2.45, 2.75) is 38.5 Å². The van der Waals surface area contributed by atoms with Crippen molar-refractivity contribution in [1.29, 1.82) is 0 Å². The summed E-state index contributed by atoms with van der Waals surface area (Å²) in [6.07, 6.45) is 0.599. The number of likely N-dealkylation sites (tertiary alicyclic amines) is 1. The van der Waals surface area contributed by atoms with E-state index in [1.165, 1.54) is 11.1 Å². The Kier molecular flexibility index (Phi) is 4.99. The lowest BCUT2D eigenvalue weighted by atomic mass is 9.97. The standard InChI is InChI=1S/C20H26N2O/c1-15-8-6-7-11-18(15)21-19-12-13-22(14-20(19)23)16(2)17-9-4-3-5-10-17/h3-11,16,19-21,23H,12-14H2,1-2H3. The SMILES string of the molecule is Cc1ccccc1NC1CCN(C(C)c2ccccc2)CC1O. The molecule has 3 nitrogen and oxygen atoms in total. The van der Waals surface area contributed by atoms with Gasteiger partial charge >= 0.3 is 0 Å². The van der Waals surface area contributed by atoms with Crippen LogP contribution >= 0.6 is 0 Å². The normalized spacial score (nSPS) is 23.4. The number of benzene rings is 2. The van der Waals surface area contributed by atoms with E-state index < -0.39 is 0 Å². The molecule has 1 aliphatic rings. The number of aliphatic hydroxyl groups is 1. The highest BCUT2D eigenvalue weighted by Gasteiger charge is 2.30. The second-order valence-corrected chi connectivity index (χ2v) is 6.50. The van der Waals surface area contributed by atoms with Crippen LogP contribution in [0, 0.1) is 6.92 Å². The molecule has 3 heteroatoms. The summed E-state index contributed by atoms with van der Waals surface area (Å²) >= 11 is 0. The Bertz CT molecular complexity index is 629. The molecule has 0 radical (unpaired) electrons. The fourth-order valence-corrected chi connectivity index (χ4v) is 3.35. The second kappa shape index (κ2) is 7.16. The quantitative estimate of drug-likeness (QED) is 0.905. The monoisotopic (exact) mass is 310 g/mol. The fraction of sp³-hybridized carbons (Fsp3) is 0.400. The Morgan fingerprint density at radius 2 is 1.78 bits per heavy atom. The van der Waals surface area contributed by atoms with E-state index in [0.29, 0.717) is 12.6 Å². The van der Waals surface area contributed by atoms with E-state index >= 15 is 0 Å². The molecule has 0 aromatic heterocycles. The second-order valence-electron chi connectivity index (χ2n) is 6.50. The van der Waals surface area contributed by atoms with Crippen LogP contribution < -0.4 is 5.32 Å². The Balaban J connectivity index is 1.62. The van der Waals surface area contributed by atoms with Gasteiger partial charge < -0.3 is 10.4 Å². The largest absolute Gasteiger partial charge is 0.390 e. The number of hydrogen-bond acceptors (Lipinski definition) is 3. The summed E-state index contributed by atoms with van der Waals surface area (Å²) in [6.45, 7) is 6.02. The minimum absolute atomic E-state index is 0.121. The first kappa shape index (κ1) is 16.0. The number of rotatable bonds is 4. The van der Waals surface area contributed by atoms with Gasteiger partial charge in [-0.2, -0.15) is 0 Å². The van der Waals surface area contributed by atoms with Gasteiger partial charge in [-0.05, 0) is 37.5 Å². The van der Waals surface area contributed by atoms with Crippen LogP contribution in [0.15, 0.2) is 54.6 Å². The van der Waals surface area contributed by atoms with Crippen LogP contribution in [0.1, 0.15) is 30.5 Å². The van der Waals surface area contributed by atoms with Gasteiger partial charge in [-0.1, -0.05) is 48.5 Å². The summed E-state index contributed by atoms with van der Waals surface area (Å²) in [4.78, 5) is 2.37. The molecule has 0 spiro atoms. The van der Waals surface area contributed by atoms with Gasteiger partial charge in [-0.15, -0.1) is 0 Å². The van der Waals surface area contributed by atoms with Crippen molar-refractivity contribution in [3.05, 3.63) is 65.7 Å². The van der Waals surface area contributed by atoms with Crippen LogP contribution in [0.4, 0.5) is 5.69 Å². The average molecular weight is 310 g/mol. The van der Waals surface area contributed by atoms with E-state index in [4.69, 9.17) is 0 Å². The van der Waals surface area contributed by atoms with Gasteiger partial charge in [0.1, 0.15) is 0 Å². The summed E-state index contributed by atoms with van der Waals surface area (Å²) in [7, 11) is 0. The van der Waals surface area contributed by atoms with Crippen LogP contribution in [0.3, 0.4) is 0 Å². The van der Waals surface area contributed by atoms with E-state index in [-0.39, 0.29) is 12.1 Å². The van der Waals surface area contributed by atoms with Crippen molar-refractivity contribution in [1.82, 2.24) is 4.90 Å². The zero-order chi connectivity index (χ0) is 16.2. The molecule has 122 valence electrons. The third-order valence-electron chi connectivity index (χ3n) is 4.93. The molecule has 1 fully saturated rings. The Labute approximate surface area is 139 Å². The van der Waals surface area contributed by atoms with Crippen LogP contribution in [0.25, 0.3) is 0 Å². The first-order valence-electron chi connectivity index (χ1n) is 8.44. The van der Waals surface area contributed by atoms with Crippen molar-refractivity contribution in [2.24, 2.45) is 0 Å². The number of aliphatic hydroxyl groups excluding tert-OH is 1. The molecule has 0 amide bonds. The van der Waals surface area contributed by atoms with Gasteiger partial charge in [-0.3, -0.25) is 4.90 Å². The van der Waals surface area contributed by atoms with Gasteiger partial charge in [0, 0.05) is 24.8 Å². The maximum Gasteiger partial charge on any atom is 0.0868 e. The topological polar surface area (TPSA) is 35.5 Å². The fourth-order valence-electron chi connectivity index (χ4n) is 3.35. The van der Waals surface area contributed by atoms with E-state index in [1.54, 1.807) is 0 Å². The number of nitrogens with one attached hydrogen (secondary N) is 1. The number of piperidine rings is 1. The van der Waals surface area contributed by atoms with Crippen molar-refractivity contribution < 1.29 is 5.11 Å². The lowest BCUT2D eigenvalue weighted by Crippen LogP contribution is -2.50. The smallest absolute Gasteiger partial charge is 0.0868 e. The first-order chi connectivity index (χ1) is 11.1. The third kappa shape index (κ3) is 3.74. The molecule has 1 saturated heterocycles. The van der Waals surface area contributed by atoms with Crippen molar-refractivity contribution >= 4 is 5.69 Å². The zero-order valence-corrected chi connectivity index (χ0v) is 13.9. The minimum Gasteiger partial charge on any atom is -0.390 e. The molecule has 23 heavy (non-hydrogen) atoms. The van der Waals surface area contributed by atoms with Gasteiger partial charge in [0.15, 0.2) is 0 Å². The summed E-state index contributed by atoms with van der Waals surface area (Å²) in [5.74, 6) is 0. The first-order valence-corrected chi connectivity index (χ1v) is 8.44. The lowest BCUT2D eigenvalue weighted by molar-refractivity contribution is 0.0407. The van der Waals surface area contributed by atoms with Crippen LogP contribution in [0.2, 0.25) is 0 Å². The molecule has 0 bridgehead atoms. The highest BCUT2D eigenvalue weighted by Crippen LogP contribution is 2.26. The predicted octanol–water partition coefficient (Wildman–Crippen LogP) is 3.60. The molecule has 0 saturated carbocycles.